The summed E-state index contributed by atoms with van der Waals surface area (Å²) >= 11 is 5.91. The van der Waals surface area contributed by atoms with Gasteiger partial charge < -0.3 is 9.84 Å². The Bertz CT molecular complexity index is 882. The van der Waals surface area contributed by atoms with Crippen LogP contribution in [0.2, 0.25) is 5.02 Å². The summed E-state index contributed by atoms with van der Waals surface area (Å²) in [5.41, 5.74) is 0.692. The molecular weight excluding hydrogens is 330 g/mol. The number of nitrogens with zero attached hydrogens (tertiary/aromatic N) is 3. The molecule has 1 aromatic carbocycles. The minimum atomic E-state index is -0.551. The van der Waals surface area contributed by atoms with E-state index in [1.165, 1.54) is 13.3 Å². The standard InChI is InChI=1S/C17H16ClN3O3/c1-11-14(9-19)16(22)21(6-7-24-2)17(23)15(11)10-20-13-5-3-4-12(18)8-13/h3-5,8,10,23H,6-7H2,1-2H3. The zero-order valence-electron chi connectivity index (χ0n) is 13.3. The molecule has 0 aliphatic carbocycles. The van der Waals surface area contributed by atoms with Crippen molar-refractivity contribution in [3.05, 3.63) is 56.3 Å². The molecule has 0 atom stereocenters. The van der Waals surface area contributed by atoms with E-state index in [1.807, 2.05) is 6.07 Å². The van der Waals surface area contributed by atoms with Gasteiger partial charge in [-0.3, -0.25) is 14.4 Å². The minimum Gasteiger partial charge on any atom is -0.494 e. The number of nitriles is 1. The second-order valence-electron chi connectivity index (χ2n) is 5.04. The smallest absolute Gasteiger partial charge is 0.271 e. The van der Waals surface area contributed by atoms with E-state index in [4.69, 9.17) is 16.3 Å². The van der Waals surface area contributed by atoms with Gasteiger partial charge in [-0.25, -0.2) is 0 Å². The average Bonchev–Trinajstić information content (AvgIpc) is 2.55. The van der Waals surface area contributed by atoms with Gasteiger partial charge in [-0.05, 0) is 30.7 Å². The third kappa shape index (κ3) is 3.65. The van der Waals surface area contributed by atoms with Crippen LogP contribution in [0.5, 0.6) is 5.88 Å². The monoisotopic (exact) mass is 345 g/mol. The molecule has 0 radical (unpaired) electrons. The first kappa shape index (κ1) is 17.7. The van der Waals surface area contributed by atoms with Gasteiger partial charge in [0.05, 0.1) is 24.4 Å². The predicted molar refractivity (Wildman–Crippen MR) is 92.4 cm³/mol. The highest BCUT2D eigenvalue weighted by atomic mass is 35.5. The normalized spacial score (nSPS) is 10.9. The van der Waals surface area contributed by atoms with E-state index in [-0.39, 0.29) is 24.6 Å². The van der Waals surface area contributed by atoms with Gasteiger partial charge in [0.25, 0.3) is 5.56 Å². The maximum absolute atomic E-state index is 12.3. The summed E-state index contributed by atoms with van der Waals surface area (Å²) in [7, 11) is 1.49. The van der Waals surface area contributed by atoms with Crippen molar-refractivity contribution in [1.82, 2.24) is 4.57 Å². The number of aromatic hydroxyl groups is 1. The molecule has 0 unspecified atom stereocenters. The van der Waals surface area contributed by atoms with Crippen molar-refractivity contribution in [2.75, 3.05) is 13.7 Å². The first-order valence-electron chi connectivity index (χ1n) is 7.14. The van der Waals surface area contributed by atoms with Crippen molar-refractivity contribution in [2.45, 2.75) is 13.5 Å². The van der Waals surface area contributed by atoms with Gasteiger partial charge in [0.1, 0.15) is 11.6 Å². The Morgan fingerprint density at radius 3 is 2.88 bits per heavy atom. The Kier molecular flexibility index (Phi) is 5.74. The Labute approximate surface area is 144 Å². The third-order valence-electron chi connectivity index (χ3n) is 3.52. The highest BCUT2D eigenvalue weighted by Crippen LogP contribution is 2.22. The van der Waals surface area contributed by atoms with Gasteiger partial charge in [-0.1, -0.05) is 17.7 Å². The molecule has 2 rings (SSSR count). The van der Waals surface area contributed by atoms with Crippen LogP contribution in [0.25, 0.3) is 0 Å². The fraction of sp³-hybridized carbons (Fsp3) is 0.235. The minimum absolute atomic E-state index is 0.0311. The lowest BCUT2D eigenvalue weighted by atomic mass is 10.1. The molecule has 24 heavy (non-hydrogen) atoms. The Balaban J connectivity index is 2.56. The number of aromatic nitrogens is 1. The van der Waals surface area contributed by atoms with Gasteiger partial charge in [-0.15, -0.1) is 0 Å². The number of hydrogen-bond donors (Lipinski definition) is 1. The highest BCUT2D eigenvalue weighted by molar-refractivity contribution is 6.30. The molecule has 0 spiro atoms. The summed E-state index contributed by atoms with van der Waals surface area (Å²) in [6.07, 6.45) is 1.42. The second-order valence-corrected chi connectivity index (χ2v) is 5.47. The van der Waals surface area contributed by atoms with Gasteiger partial charge in [-0.2, -0.15) is 5.26 Å². The number of benzene rings is 1. The van der Waals surface area contributed by atoms with E-state index in [1.54, 1.807) is 31.2 Å². The van der Waals surface area contributed by atoms with E-state index < -0.39 is 5.56 Å². The first-order valence-corrected chi connectivity index (χ1v) is 7.52. The molecule has 0 amide bonds. The number of halogens is 1. The molecule has 1 aromatic heterocycles. The lowest BCUT2D eigenvalue weighted by Gasteiger charge is -2.13. The number of methoxy groups -OCH3 is 1. The van der Waals surface area contributed by atoms with Crippen molar-refractivity contribution in [3.8, 4) is 11.9 Å². The molecule has 124 valence electrons. The molecule has 0 saturated carbocycles. The second kappa shape index (κ2) is 7.77. The van der Waals surface area contributed by atoms with E-state index in [0.717, 1.165) is 4.57 Å². The summed E-state index contributed by atoms with van der Waals surface area (Å²) < 4.78 is 6.05. The maximum atomic E-state index is 12.3. The van der Waals surface area contributed by atoms with Gasteiger partial charge in [0.15, 0.2) is 0 Å². The fourth-order valence-electron chi connectivity index (χ4n) is 2.21. The average molecular weight is 346 g/mol. The number of hydrogen-bond acceptors (Lipinski definition) is 5. The lowest BCUT2D eigenvalue weighted by molar-refractivity contribution is 0.182. The first-order chi connectivity index (χ1) is 11.5. The molecule has 1 heterocycles. The topological polar surface area (TPSA) is 87.6 Å². The maximum Gasteiger partial charge on any atom is 0.271 e. The zero-order chi connectivity index (χ0) is 17.7. The van der Waals surface area contributed by atoms with E-state index >= 15 is 0 Å². The summed E-state index contributed by atoms with van der Waals surface area (Å²) in [4.78, 5) is 16.5. The molecular formula is C17H16ClN3O3. The van der Waals surface area contributed by atoms with Crippen LogP contribution in [0, 0.1) is 18.3 Å². The fourth-order valence-corrected chi connectivity index (χ4v) is 2.40. The number of rotatable bonds is 5. The van der Waals surface area contributed by atoms with Gasteiger partial charge in [0, 0.05) is 18.3 Å². The Hall–Kier alpha value is -2.62. The Morgan fingerprint density at radius 1 is 1.50 bits per heavy atom. The molecule has 1 N–H and O–H groups in total. The molecule has 6 nitrogen and oxygen atoms in total. The van der Waals surface area contributed by atoms with Crippen molar-refractivity contribution >= 4 is 23.5 Å². The van der Waals surface area contributed by atoms with Crippen LogP contribution in [-0.4, -0.2) is 29.6 Å². The van der Waals surface area contributed by atoms with Crippen molar-refractivity contribution < 1.29 is 9.84 Å². The van der Waals surface area contributed by atoms with Crippen molar-refractivity contribution in [3.63, 3.8) is 0 Å². The summed E-state index contributed by atoms with van der Waals surface area (Å²) in [6.45, 7) is 1.96. The van der Waals surface area contributed by atoms with E-state index in [2.05, 4.69) is 4.99 Å². The van der Waals surface area contributed by atoms with Gasteiger partial charge in [0.2, 0.25) is 5.88 Å². The quantitative estimate of drug-likeness (QED) is 0.844. The van der Waals surface area contributed by atoms with Crippen molar-refractivity contribution in [2.24, 2.45) is 4.99 Å². The third-order valence-corrected chi connectivity index (χ3v) is 3.75. The SMILES string of the molecule is COCCn1c(O)c(C=Nc2cccc(Cl)c2)c(C)c(C#N)c1=O. The van der Waals surface area contributed by atoms with Gasteiger partial charge >= 0.3 is 0 Å². The van der Waals surface area contributed by atoms with Crippen LogP contribution in [0.3, 0.4) is 0 Å². The van der Waals surface area contributed by atoms with Crippen LogP contribution in [0.15, 0.2) is 34.1 Å². The zero-order valence-corrected chi connectivity index (χ0v) is 14.0. The Morgan fingerprint density at radius 2 is 2.25 bits per heavy atom. The summed E-state index contributed by atoms with van der Waals surface area (Å²) in [5.74, 6) is -0.251. The highest BCUT2D eigenvalue weighted by Gasteiger charge is 2.17. The largest absolute Gasteiger partial charge is 0.494 e. The molecule has 0 aliphatic heterocycles. The van der Waals surface area contributed by atoms with Crippen LogP contribution in [-0.2, 0) is 11.3 Å². The van der Waals surface area contributed by atoms with Crippen LogP contribution < -0.4 is 5.56 Å². The molecule has 2 aromatic rings. The summed E-state index contributed by atoms with van der Waals surface area (Å²) in [5, 5.41) is 20.2. The summed E-state index contributed by atoms with van der Waals surface area (Å²) in [6, 6.07) is 8.78. The number of aliphatic imine (C=N–C) groups is 1. The molecule has 0 fully saturated rings. The molecule has 7 heteroatoms. The molecule has 0 aliphatic rings. The number of pyridine rings is 1. The molecule has 0 bridgehead atoms. The lowest BCUT2D eigenvalue weighted by Crippen LogP contribution is -2.26. The van der Waals surface area contributed by atoms with Crippen molar-refractivity contribution in [1.29, 1.82) is 5.26 Å². The number of ether oxygens (including phenoxy) is 1. The van der Waals surface area contributed by atoms with E-state index in [0.29, 0.717) is 21.8 Å². The molecule has 0 saturated heterocycles. The van der Waals surface area contributed by atoms with Crippen LogP contribution in [0.1, 0.15) is 16.7 Å². The van der Waals surface area contributed by atoms with Crippen LogP contribution >= 0.6 is 11.6 Å². The van der Waals surface area contributed by atoms with Crippen LogP contribution in [0.4, 0.5) is 5.69 Å². The predicted octanol–water partition coefficient (Wildman–Crippen LogP) is 2.78. The van der Waals surface area contributed by atoms with E-state index in [9.17, 15) is 15.2 Å².